The maximum absolute atomic E-state index is 5.29. The summed E-state index contributed by atoms with van der Waals surface area (Å²) in [5, 5.41) is 3.45. The van der Waals surface area contributed by atoms with E-state index >= 15 is 0 Å². The first-order valence-corrected chi connectivity index (χ1v) is 12.4. The van der Waals surface area contributed by atoms with Crippen LogP contribution in [-0.2, 0) is 5.41 Å². The first kappa shape index (κ1) is 19.8. The fourth-order valence-electron chi connectivity index (χ4n) is 6.40. The number of aromatic nitrogens is 2. The van der Waals surface area contributed by atoms with Gasteiger partial charge in [0.2, 0.25) is 0 Å². The maximum Gasteiger partial charge on any atom is 0.148 e. The molecule has 1 aliphatic heterocycles. The highest BCUT2D eigenvalue weighted by Crippen LogP contribution is 2.57. The van der Waals surface area contributed by atoms with Gasteiger partial charge in [0.05, 0.1) is 28.0 Å². The van der Waals surface area contributed by atoms with Crippen molar-refractivity contribution in [3.63, 3.8) is 0 Å². The van der Waals surface area contributed by atoms with Crippen LogP contribution in [0.3, 0.4) is 0 Å². The van der Waals surface area contributed by atoms with Crippen molar-refractivity contribution in [3.05, 3.63) is 114 Å². The van der Waals surface area contributed by atoms with E-state index in [1.165, 1.54) is 27.6 Å². The van der Waals surface area contributed by atoms with Crippen molar-refractivity contribution < 1.29 is 0 Å². The smallest absolute Gasteiger partial charge is 0.148 e. The van der Waals surface area contributed by atoms with Gasteiger partial charge in [0, 0.05) is 28.1 Å². The Kier molecular flexibility index (Phi) is 3.73. The van der Waals surface area contributed by atoms with Crippen LogP contribution in [0, 0.1) is 0 Å². The standard InChI is InChI=1S/C33H23N3/c1-33(2)24-13-6-3-11-22(24)29-25(33)14-9-17-28(29)36-27-16-8-5-12-23(27)31-30-21(18-19-34-31)20-10-4-7-15-26(20)35-32(30)36/h3-19H,1-2H3. The normalized spacial score (nSPS) is 14.6. The van der Waals surface area contributed by atoms with Crippen LogP contribution < -0.4 is 4.90 Å². The zero-order valence-electron chi connectivity index (χ0n) is 20.2. The monoisotopic (exact) mass is 461 g/mol. The quantitative estimate of drug-likeness (QED) is 0.229. The number of hydrogen-bond donors (Lipinski definition) is 0. The molecule has 0 N–H and O–H groups in total. The molecular weight excluding hydrogens is 438 g/mol. The highest BCUT2D eigenvalue weighted by Gasteiger charge is 2.39. The van der Waals surface area contributed by atoms with E-state index in [0.717, 1.165) is 44.7 Å². The van der Waals surface area contributed by atoms with Gasteiger partial charge < -0.3 is 0 Å². The van der Waals surface area contributed by atoms with E-state index < -0.39 is 0 Å². The van der Waals surface area contributed by atoms with Crippen molar-refractivity contribution in [3.8, 4) is 22.4 Å². The summed E-state index contributed by atoms with van der Waals surface area (Å²) < 4.78 is 0. The van der Waals surface area contributed by atoms with Gasteiger partial charge >= 0.3 is 0 Å². The van der Waals surface area contributed by atoms with Crippen molar-refractivity contribution in [2.45, 2.75) is 19.3 Å². The summed E-state index contributed by atoms with van der Waals surface area (Å²) in [6.45, 7) is 4.66. The molecule has 0 bridgehead atoms. The van der Waals surface area contributed by atoms with Crippen LogP contribution in [-0.4, -0.2) is 9.97 Å². The number of fused-ring (bicyclic) bond motifs is 7. The van der Waals surface area contributed by atoms with Crippen LogP contribution in [0.5, 0.6) is 0 Å². The molecule has 8 rings (SSSR count). The molecule has 0 atom stereocenters. The summed E-state index contributed by atoms with van der Waals surface area (Å²) in [5.41, 5.74) is 10.7. The molecule has 6 aromatic rings. The Morgan fingerprint density at radius 1 is 0.639 bits per heavy atom. The lowest BCUT2D eigenvalue weighted by Gasteiger charge is -2.33. The fourth-order valence-corrected chi connectivity index (χ4v) is 6.40. The van der Waals surface area contributed by atoms with Gasteiger partial charge in [-0.2, -0.15) is 0 Å². The summed E-state index contributed by atoms with van der Waals surface area (Å²) in [4.78, 5) is 12.5. The van der Waals surface area contributed by atoms with Gasteiger partial charge in [0.15, 0.2) is 0 Å². The number of para-hydroxylation sites is 2. The van der Waals surface area contributed by atoms with Crippen molar-refractivity contribution in [2.75, 3.05) is 4.90 Å². The molecule has 0 fully saturated rings. The highest BCUT2D eigenvalue weighted by molar-refractivity contribution is 6.19. The van der Waals surface area contributed by atoms with E-state index in [0.29, 0.717) is 0 Å². The van der Waals surface area contributed by atoms with E-state index in [-0.39, 0.29) is 5.41 Å². The van der Waals surface area contributed by atoms with Crippen molar-refractivity contribution >= 4 is 38.9 Å². The minimum Gasteiger partial charge on any atom is -0.293 e. The van der Waals surface area contributed by atoms with Gasteiger partial charge in [-0.25, -0.2) is 4.98 Å². The van der Waals surface area contributed by atoms with Gasteiger partial charge in [-0.1, -0.05) is 86.6 Å². The molecule has 36 heavy (non-hydrogen) atoms. The highest BCUT2D eigenvalue weighted by atomic mass is 15.2. The van der Waals surface area contributed by atoms with Crippen LogP contribution >= 0.6 is 0 Å². The predicted octanol–water partition coefficient (Wildman–Crippen LogP) is 8.54. The molecule has 0 saturated heterocycles. The average Bonchev–Trinajstić information content (AvgIpc) is 3.16. The Labute approximate surface area is 209 Å². The summed E-state index contributed by atoms with van der Waals surface area (Å²) in [7, 11) is 0. The lowest BCUT2D eigenvalue weighted by Crippen LogP contribution is -2.19. The molecule has 2 aromatic heterocycles. The lowest BCUT2D eigenvalue weighted by molar-refractivity contribution is 0.660. The zero-order chi connectivity index (χ0) is 24.0. The van der Waals surface area contributed by atoms with E-state index in [4.69, 9.17) is 9.97 Å². The first-order valence-electron chi connectivity index (χ1n) is 12.4. The zero-order valence-corrected chi connectivity index (χ0v) is 20.2. The van der Waals surface area contributed by atoms with E-state index in [9.17, 15) is 0 Å². The molecule has 3 nitrogen and oxygen atoms in total. The summed E-state index contributed by atoms with van der Waals surface area (Å²) in [6, 6.07) is 34.7. The summed E-state index contributed by atoms with van der Waals surface area (Å²) in [6.07, 6.45) is 1.93. The SMILES string of the molecule is CC1(C)c2ccccc2-c2c(N3c4ccccc4-c4nccc5c4c3nc3ccccc35)cccc21. The Balaban J connectivity index is 1.54. The number of anilines is 3. The number of pyridine rings is 2. The third kappa shape index (κ3) is 2.37. The third-order valence-electron chi connectivity index (χ3n) is 8.03. The van der Waals surface area contributed by atoms with Gasteiger partial charge in [-0.15, -0.1) is 0 Å². The summed E-state index contributed by atoms with van der Waals surface area (Å²) >= 11 is 0. The van der Waals surface area contributed by atoms with Crippen molar-refractivity contribution in [1.82, 2.24) is 9.97 Å². The molecule has 3 heteroatoms. The second-order valence-corrected chi connectivity index (χ2v) is 10.3. The number of hydrogen-bond acceptors (Lipinski definition) is 3. The molecule has 170 valence electrons. The molecular formula is C33H23N3. The number of nitrogens with zero attached hydrogens (tertiary/aromatic N) is 3. The molecule has 0 spiro atoms. The minimum atomic E-state index is -0.0666. The van der Waals surface area contributed by atoms with Crippen LogP contribution in [0.2, 0.25) is 0 Å². The number of benzene rings is 4. The van der Waals surface area contributed by atoms with Gasteiger partial charge in [0.1, 0.15) is 5.82 Å². The Hall–Kier alpha value is -4.50. The topological polar surface area (TPSA) is 29.0 Å². The molecule has 2 aliphatic rings. The average molecular weight is 462 g/mol. The third-order valence-corrected chi connectivity index (χ3v) is 8.03. The summed E-state index contributed by atoms with van der Waals surface area (Å²) in [5.74, 6) is 0.945. The Morgan fingerprint density at radius 3 is 2.28 bits per heavy atom. The largest absolute Gasteiger partial charge is 0.293 e. The van der Waals surface area contributed by atoms with Gasteiger partial charge in [-0.05, 0) is 46.3 Å². The molecule has 3 heterocycles. The van der Waals surface area contributed by atoms with E-state index in [1.54, 1.807) is 0 Å². The van der Waals surface area contributed by atoms with Crippen LogP contribution in [0.4, 0.5) is 17.2 Å². The Bertz CT molecular complexity index is 1880. The van der Waals surface area contributed by atoms with Gasteiger partial charge in [0.25, 0.3) is 0 Å². The van der Waals surface area contributed by atoms with Crippen molar-refractivity contribution in [1.29, 1.82) is 0 Å². The van der Waals surface area contributed by atoms with Crippen LogP contribution in [0.15, 0.2) is 103 Å². The van der Waals surface area contributed by atoms with E-state index in [1.807, 2.05) is 6.20 Å². The van der Waals surface area contributed by atoms with Gasteiger partial charge in [-0.3, -0.25) is 9.88 Å². The molecule has 0 saturated carbocycles. The maximum atomic E-state index is 5.29. The lowest BCUT2D eigenvalue weighted by atomic mass is 9.82. The second kappa shape index (κ2) is 6.79. The predicted molar refractivity (Wildman–Crippen MR) is 148 cm³/mol. The molecule has 4 aromatic carbocycles. The number of rotatable bonds is 1. The molecule has 0 radical (unpaired) electrons. The molecule has 1 aliphatic carbocycles. The Morgan fingerprint density at radius 2 is 1.36 bits per heavy atom. The second-order valence-electron chi connectivity index (χ2n) is 10.3. The van der Waals surface area contributed by atoms with Crippen LogP contribution in [0.1, 0.15) is 25.0 Å². The van der Waals surface area contributed by atoms with Crippen molar-refractivity contribution in [2.24, 2.45) is 0 Å². The van der Waals surface area contributed by atoms with Crippen LogP contribution in [0.25, 0.3) is 44.1 Å². The molecule has 0 unspecified atom stereocenters. The van der Waals surface area contributed by atoms with E-state index in [2.05, 4.69) is 116 Å². The fraction of sp³-hybridized carbons (Fsp3) is 0.0909. The minimum absolute atomic E-state index is 0.0666. The first-order chi connectivity index (χ1) is 17.6. The molecule has 0 amide bonds.